The fourth-order valence-electron chi connectivity index (χ4n) is 2.44. The largest absolute Gasteiger partial charge is 0.450 e. The fraction of sp³-hybridized carbons (Fsp3) is 0.500. The Morgan fingerprint density at radius 1 is 1.35 bits per heavy atom. The Morgan fingerprint density at radius 3 is 2.61 bits per heavy atom. The highest BCUT2D eigenvalue weighted by molar-refractivity contribution is 14.0. The van der Waals surface area contributed by atoms with Crippen molar-refractivity contribution in [2.75, 3.05) is 19.7 Å². The number of carbonyl (C=O) groups excluding carboxylic acids is 1. The molecule has 1 fully saturated rings. The van der Waals surface area contributed by atoms with E-state index in [1.54, 1.807) is 4.90 Å². The van der Waals surface area contributed by atoms with Crippen LogP contribution in [0.2, 0.25) is 0 Å². The number of likely N-dealkylation sites (tertiary alicyclic amines) is 1. The number of aliphatic imine (C=N–C) groups is 1. The molecule has 0 saturated carbocycles. The lowest BCUT2D eigenvalue weighted by Crippen LogP contribution is -2.48. The van der Waals surface area contributed by atoms with Crippen molar-refractivity contribution in [1.82, 2.24) is 10.2 Å². The lowest BCUT2D eigenvalue weighted by molar-refractivity contribution is 0.0963. The summed E-state index contributed by atoms with van der Waals surface area (Å²) in [4.78, 5) is 17.7. The number of carbonyl (C=O) groups is 1. The van der Waals surface area contributed by atoms with Crippen LogP contribution in [0.15, 0.2) is 35.3 Å². The molecule has 0 aromatic heterocycles. The molecule has 1 heterocycles. The summed E-state index contributed by atoms with van der Waals surface area (Å²) in [5.41, 5.74) is 7.06. The Hall–Kier alpha value is -1.51. The molecule has 7 heteroatoms. The number of nitrogens with one attached hydrogen (secondary N) is 1. The molecule has 1 amide bonds. The second-order valence-corrected chi connectivity index (χ2v) is 5.29. The van der Waals surface area contributed by atoms with Crippen LogP contribution >= 0.6 is 24.0 Å². The summed E-state index contributed by atoms with van der Waals surface area (Å²) >= 11 is 0. The van der Waals surface area contributed by atoms with Gasteiger partial charge in [0.2, 0.25) is 0 Å². The lowest BCUT2D eigenvalue weighted by Gasteiger charge is -2.31. The molecule has 1 aliphatic heterocycles. The number of benzene rings is 1. The summed E-state index contributed by atoms with van der Waals surface area (Å²) in [5, 5.41) is 3.23. The van der Waals surface area contributed by atoms with Gasteiger partial charge >= 0.3 is 6.09 Å². The molecular formula is C16H25IN4O2. The molecule has 0 bridgehead atoms. The second-order valence-electron chi connectivity index (χ2n) is 5.29. The monoisotopic (exact) mass is 432 g/mol. The van der Waals surface area contributed by atoms with Gasteiger partial charge in [0.15, 0.2) is 5.96 Å². The molecule has 0 radical (unpaired) electrons. The van der Waals surface area contributed by atoms with Gasteiger partial charge in [0.25, 0.3) is 0 Å². The van der Waals surface area contributed by atoms with Crippen LogP contribution < -0.4 is 11.1 Å². The summed E-state index contributed by atoms with van der Waals surface area (Å²) in [7, 11) is 0. The Balaban J connectivity index is 0.00000264. The van der Waals surface area contributed by atoms with Crippen LogP contribution in [-0.2, 0) is 11.3 Å². The fourth-order valence-corrected chi connectivity index (χ4v) is 2.44. The zero-order valence-electron chi connectivity index (χ0n) is 13.4. The minimum Gasteiger partial charge on any atom is -0.450 e. The van der Waals surface area contributed by atoms with Crippen LogP contribution in [0.4, 0.5) is 4.79 Å². The van der Waals surface area contributed by atoms with Gasteiger partial charge < -0.3 is 20.7 Å². The molecule has 6 nitrogen and oxygen atoms in total. The standard InChI is InChI=1S/C16H24N4O2.HI/c1-2-22-16(21)20-10-8-14(9-11-20)19-15(17)18-12-13-6-4-3-5-7-13;/h3-7,14H,2,8-12H2,1H3,(H3,17,18,19);1H. The van der Waals surface area contributed by atoms with Crippen LogP contribution in [0.25, 0.3) is 0 Å². The third kappa shape index (κ3) is 6.64. The van der Waals surface area contributed by atoms with Crippen molar-refractivity contribution in [2.45, 2.75) is 32.4 Å². The van der Waals surface area contributed by atoms with Crippen LogP contribution in [0.5, 0.6) is 0 Å². The number of nitrogens with zero attached hydrogens (tertiary/aromatic N) is 2. The molecular weight excluding hydrogens is 407 g/mol. The summed E-state index contributed by atoms with van der Waals surface area (Å²) < 4.78 is 5.00. The van der Waals surface area contributed by atoms with Crippen molar-refractivity contribution in [2.24, 2.45) is 10.7 Å². The van der Waals surface area contributed by atoms with E-state index in [0.29, 0.717) is 32.2 Å². The maximum Gasteiger partial charge on any atom is 0.409 e. The van der Waals surface area contributed by atoms with E-state index in [9.17, 15) is 4.79 Å². The van der Waals surface area contributed by atoms with Gasteiger partial charge in [-0.1, -0.05) is 30.3 Å². The van der Waals surface area contributed by atoms with Crippen molar-refractivity contribution in [1.29, 1.82) is 0 Å². The number of hydrogen-bond acceptors (Lipinski definition) is 3. The smallest absolute Gasteiger partial charge is 0.409 e. The summed E-state index contributed by atoms with van der Waals surface area (Å²) in [5.74, 6) is 0.457. The van der Waals surface area contributed by atoms with Gasteiger partial charge in [-0.3, -0.25) is 0 Å². The highest BCUT2D eigenvalue weighted by atomic mass is 127. The predicted octanol–water partition coefficient (Wildman–Crippen LogP) is 2.33. The first-order chi connectivity index (χ1) is 10.7. The molecule has 0 atom stereocenters. The van der Waals surface area contributed by atoms with E-state index in [1.807, 2.05) is 37.3 Å². The highest BCUT2D eigenvalue weighted by Crippen LogP contribution is 2.11. The number of piperidine rings is 1. The number of rotatable bonds is 4. The number of amides is 1. The minimum absolute atomic E-state index is 0. The van der Waals surface area contributed by atoms with E-state index in [4.69, 9.17) is 10.5 Å². The molecule has 0 spiro atoms. The molecule has 0 aliphatic carbocycles. The Morgan fingerprint density at radius 2 is 2.00 bits per heavy atom. The number of ether oxygens (including phenoxy) is 1. The Kier molecular flexibility index (Phi) is 8.75. The average Bonchev–Trinajstić information content (AvgIpc) is 2.55. The summed E-state index contributed by atoms with van der Waals surface area (Å²) in [6, 6.07) is 10.2. The number of nitrogens with two attached hydrogens (primary N) is 1. The quantitative estimate of drug-likeness (QED) is 0.435. The van der Waals surface area contributed by atoms with Crippen molar-refractivity contribution in [3.05, 3.63) is 35.9 Å². The number of halogens is 1. The molecule has 23 heavy (non-hydrogen) atoms. The van der Waals surface area contributed by atoms with Crippen LogP contribution in [0.3, 0.4) is 0 Å². The average molecular weight is 432 g/mol. The van der Waals surface area contributed by atoms with Gasteiger partial charge in [0, 0.05) is 19.1 Å². The summed E-state index contributed by atoms with van der Waals surface area (Å²) in [6.45, 7) is 4.17. The molecule has 3 N–H and O–H groups in total. The Bertz CT molecular complexity index is 502. The van der Waals surface area contributed by atoms with E-state index < -0.39 is 0 Å². The number of guanidine groups is 1. The molecule has 128 valence electrons. The van der Waals surface area contributed by atoms with Crippen molar-refractivity contribution in [3.8, 4) is 0 Å². The van der Waals surface area contributed by atoms with E-state index in [0.717, 1.165) is 18.4 Å². The van der Waals surface area contributed by atoms with E-state index in [1.165, 1.54) is 0 Å². The second kappa shape index (κ2) is 10.3. The lowest BCUT2D eigenvalue weighted by atomic mass is 10.1. The molecule has 0 unspecified atom stereocenters. The molecule has 2 rings (SSSR count). The maximum atomic E-state index is 11.6. The third-order valence-corrected chi connectivity index (χ3v) is 3.65. The molecule has 1 aromatic carbocycles. The van der Waals surface area contributed by atoms with Gasteiger partial charge in [-0.2, -0.15) is 0 Å². The van der Waals surface area contributed by atoms with Crippen molar-refractivity contribution < 1.29 is 9.53 Å². The topological polar surface area (TPSA) is 80.0 Å². The zero-order valence-corrected chi connectivity index (χ0v) is 15.7. The highest BCUT2D eigenvalue weighted by Gasteiger charge is 2.23. The molecule has 1 saturated heterocycles. The van der Waals surface area contributed by atoms with Crippen LogP contribution in [-0.4, -0.2) is 42.7 Å². The van der Waals surface area contributed by atoms with E-state index >= 15 is 0 Å². The van der Waals surface area contributed by atoms with Crippen molar-refractivity contribution in [3.63, 3.8) is 0 Å². The van der Waals surface area contributed by atoms with Crippen LogP contribution in [0.1, 0.15) is 25.3 Å². The van der Waals surface area contributed by atoms with Gasteiger partial charge in [-0.15, -0.1) is 24.0 Å². The molecule has 1 aromatic rings. The van der Waals surface area contributed by atoms with Crippen LogP contribution in [0, 0.1) is 0 Å². The van der Waals surface area contributed by atoms with Crippen molar-refractivity contribution >= 4 is 36.0 Å². The first kappa shape index (κ1) is 19.5. The first-order valence-electron chi connectivity index (χ1n) is 7.71. The summed E-state index contributed by atoms with van der Waals surface area (Å²) in [6.07, 6.45) is 1.47. The van der Waals surface area contributed by atoms with E-state index in [-0.39, 0.29) is 36.1 Å². The number of hydrogen-bond donors (Lipinski definition) is 2. The van der Waals surface area contributed by atoms with Gasteiger partial charge in [0.05, 0.1) is 13.2 Å². The van der Waals surface area contributed by atoms with Gasteiger partial charge in [-0.25, -0.2) is 9.79 Å². The third-order valence-electron chi connectivity index (χ3n) is 3.65. The normalized spacial score (nSPS) is 15.7. The van der Waals surface area contributed by atoms with Gasteiger partial charge in [-0.05, 0) is 25.3 Å². The van der Waals surface area contributed by atoms with Gasteiger partial charge in [0.1, 0.15) is 0 Å². The maximum absolute atomic E-state index is 11.6. The zero-order chi connectivity index (χ0) is 15.8. The predicted molar refractivity (Wildman–Crippen MR) is 102 cm³/mol. The molecule has 1 aliphatic rings. The van der Waals surface area contributed by atoms with E-state index in [2.05, 4.69) is 10.3 Å². The first-order valence-corrected chi connectivity index (χ1v) is 7.71. The Labute approximate surface area is 154 Å². The minimum atomic E-state index is -0.230. The SMILES string of the molecule is CCOC(=O)N1CCC(NC(N)=NCc2ccccc2)CC1.I.